The fourth-order valence-electron chi connectivity index (χ4n) is 3.68. The number of aryl methyl sites for hydroxylation is 1. The fraction of sp³-hybridized carbons (Fsp3) is 0.381. The quantitative estimate of drug-likeness (QED) is 0.846. The number of ether oxygens (including phenoxy) is 3. The molecular weight excluding hydrogens is 346 g/mol. The van der Waals surface area contributed by atoms with E-state index in [1.807, 2.05) is 32.0 Å². The summed E-state index contributed by atoms with van der Waals surface area (Å²) in [5.41, 5.74) is 1.45. The van der Waals surface area contributed by atoms with Gasteiger partial charge in [0, 0.05) is 18.5 Å². The first-order chi connectivity index (χ1) is 12.9. The molecule has 2 aromatic rings. The Kier molecular flexibility index (Phi) is 5.02. The number of anilines is 1. The van der Waals surface area contributed by atoms with Gasteiger partial charge in [-0.15, -0.1) is 0 Å². The molecule has 0 saturated carbocycles. The van der Waals surface area contributed by atoms with Crippen LogP contribution in [0.15, 0.2) is 30.3 Å². The number of hydrogen-bond donors (Lipinski definition) is 1. The predicted molar refractivity (Wildman–Crippen MR) is 103 cm³/mol. The van der Waals surface area contributed by atoms with Crippen molar-refractivity contribution < 1.29 is 24.1 Å². The Morgan fingerprint density at radius 2 is 1.67 bits per heavy atom. The summed E-state index contributed by atoms with van der Waals surface area (Å²) in [6, 6.07) is 9.23. The molecule has 1 heterocycles. The molecule has 1 aliphatic rings. The van der Waals surface area contributed by atoms with Gasteiger partial charge in [-0.05, 0) is 37.6 Å². The highest BCUT2D eigenvalue weighted by molar-refractivity contribution is 6.07. The molecule has 0 saturated heterocycles. The van der Waals surface area contributed by atoms with Crippen molar-refractivity contribution >= 4 is 11.6 Å². The zero-order valence-electron chi connectivity index (χ0n) is 16.3. The molecule has 27 heavy (non-hydrogen) atoms. The Balaban J connectivity index is 2.10. The molecular formula is C21H25NO5. The van der Waals surface area contributed by atoms with Gasteiger partial charge < -0.3 is 24.2 Å². The van der Waals surface area contributed by atoms with Crippen LogP contribution in [0.2, 0.25) is 0 Å². The van der Waals surface area contributed by atoms with Gasteiger partial charge in [-0.2, -0.15) is 0 Å². The number of rotatable bonds is 6. The molecule has 0 spiro atoms. The minimum atomic E-state index is -1.64. The van der Waals surface area contributed by atoms with Crippen molar-refractivity contribution in [2.24, 2.45) is 0 Å². The van der Waals surface area contributed by atoms with Crippen LogP contribution >= 0.6 is 0 Å². The molecule has 0 fully saturated rings. The molecule has 0 aromatic heterocycles. The third-order valence-electron chi connectivity index (χ3n) is 4.99. The molecule has 1 amide bonds. The van der Waals surface area contributed by atoms with E-state index >= 15 is 0 Å². The lowest BCUT2D eigenvalue weighted by molar-refractivity contribution is -0.136. The summed E-state index contributed by atoms with van der Waals surface area (Å²) in [6.45, 7) is 4.33. The number of carbonyl (C=O) groups excluding carboxylic acids is 1. The molecule has 0 radical (unpaired) electrons. The Hall–Kier alpha value is -2.73. The van der Waals surface area contributed by atoms with Gasteiger partial charge in [0.05, 0.1) is 27.0 Å². The largest absolute Gasteiger partial charge is 0.493 e. The highest BCUT2D eigenvalue weighted by atomic mass is 16.5. The maximum absolute atomic E-state index is 13.1. The summed E-state index contributed by atoms with van der Waals surface area (Å²) < 4.78 is 16.1. The van der Waals surface area contributed by atoms with Crippen molar-refractivity contribution in [3.8, 4) is 17.2 Å². The highest BCUT2D eigenvalue weighted by Crippen LogP contribution is 2.45. The van der Waals surface area contributed by atoms with Crippen LogP contribution in [-0.4, -0.2) is 38.9 Å². The van der Waals surface area contributed by atoms with E-state index in [9.17, 15) is 9.90 Å². The molecule has 1 unspecified atom stereocenters. The van der Waals surface area contributed by atoms with E-state index in [-0.39, 0.29) is 12.3 Å². The number of carbonyl (C=O) groups is 1. The number of amides is 1. The van der Waals surface area contributed by atoms with Crippen molar-refractivity contribution in [1.29, 1.82) is 0 Å². The molecule has 1 N–H and O–H groups in total. The maximum atomic E-state index is 13.1. The lowest BCUT2D eigenvalue weighted by atomic mass is 9.87. The molecule has 6 heteroatoms. The predicted octanol–water partition coefficient (Wildman–Crippen LogP) is 2.82. The minimum Gasteiger partial charge on any atom is -0.493 e. The average molecular weight is 371 g/mol. The Bertz CT molecular complexity index is 854. The van der Waals surface area contributed by atoms with Gasteiger partial charge in [0.25, 0.3) is 5.91 Å². The van der Waals surface area contributed by atoms with Crippen molar-refractivity contribution in [3.63, 3.8) is 0 Å². The number of hydrogen-bond acceptors (Lipinski definition) is 5. The number of aliphatic hydroxyl groups is 1. The van der Waals surface area contributed by atoms with Gasteiger partial charge >= 0.3 is 0 Å². The summed E-state index contributed by atoms with van der Waals surface area (Å²) in [6.07, 6.45) is 0.107. The van der Waals surface area contributed by atoms with E-state index in [2.05, 4.69) is 0 Å². The average Bonchev–Trinajstić information content (AvgIpc) is 2.87. The van der Waals surface area contributed by atoms with Crippen molar-refractivity contribution in [3.05, 3.63) is 47.0 Å². The van der Waals surface area contributed by atoms with Gasteiger partial charge in [-0.1, -0.05) is 17.7 Å². The van der Waals surface area contributed by atoms with Gasteiger partial charge in [0.15, 0.2) is 17.1 Å². The molecule has 0 bridgehead atoms. The van der Waals surface area contributed by atoms with Crippen LogP contribution in [0.3, 0.4) is 0 Å². The second-order valence-electron chi connectivity index (χ2n) is 6.64. The summed E-state index contributed by atoms with van der Waals surface area (Å²) in [5.74, 6) is 1.12. The highest BCUT2D eigenvalue weighted by Gasteiger charge is 2.49. The molecule has 0 aliphatic carbocycles. The van der Waals surface area contributed by atoms with E-state index in [0.717, 1.165) is 11.3 Å². The zero-order valence-corrected chi connectivity index (χ0v) is 16.3. The third kappa shape index (κ3) is 3.00. The van der Waals surface area contributed by atoms with Crippen molar-refractivity contribution in [1.82, 2.24) is 0 Å². The number of methoxy groups -OCH3 is 3. The molecule has 144 valence electrons. The summed E-state index contributed by atoms with van der Waals surface area (Å²) in [5, 5.41) is 11.4. The first-order valence-electron chi connectivity index (χ1n) is 8.84. The SMILES string of the molecule is CCN1C(=O)C(O)(Cc2cc(OC)c(OC)c(OC)c2)c2cc(C)ccc21. The lowest BCUT2D eigenvalue weighted by Gasteiger charge is -2.24. The Labute approximate surface area is 159 Å². The molecule has 1 atom stereocenters. The van der Waals surface area contributed by atoms with E-state index in [1.165, 1.54) is 21.3 Å². The topological polar surface area (TPSA) is 68.2 Å². The van der Waals surface area contributed by atoms with E-state index in [1.54, 1.807) is 17.0 Å². The summed E-state index contributed by atoms with van der Waals surface area (Å²) >= 11 is 0. The normalized spacial score (nSPS) is 18.4. The van der Waals surface area contributed by atoms with Crippen LogP contribution in [0.25, 0.3) is 0 Å². The summed E-state index contributed by atoms with van der Waals surface area (Å²) in [7, 11) is 4.61. The molecule has 2 aromatic carbocycles. The minimum absolute atomic E-state index is 0.107. The van der Waals surface area contributed by atoms with Crippen LogP contribution in [0, 0.1) is 6.92 Å². The maximum Gasteiger partial charge on any atom is 0.264 e. The second-order valence-corrected chi connectivity index (χ2v) is 6.64. The van der Waals surface area contributed by atoms with Crippen molar-refractivity contribution in [2.75, 3.05) is 32.8 Å². The van der Waals surface area contributed by atoms with E-state index in [4.69, 9.17) is 14.2 Å². The first-order valence-corrected chi connectivity index (χ1v) is 8.84. The number of nitrogens with zero attached hydrogens (tertiary/aromatic N) is 1. The second kappa shape index (κ2) is 7.12. The van der Waals surface area contributed by atoms with E-state index < -0.39 is 5.60 Å². The van der Waals surface area contributed by atoms with Gasteiger partial charge in [-0.3, -0.25) is 4.79 Å². The Morgan fingerprint density at radius 1 is 1.04 bits per heavy atom. The number of benzene rings is 2. The number of likely N-dealkylation sites (N-methyl/N-ethyl adjacent to an activating group) is 1. The zero-order chi connectivity index (χ0) is 19.8. The van der Waals surface area contributed by atoms with Crippen LogP contribution in [0.1, 0.15) is 23.6 Å². The standard InChI is InChI=1S/C21H25NO5/c1-6-22-16-8-7-13(2)9-15(16)21(24,20(22)23)12-14-10-17(25-3)19(27-5)18(11-14)26-4/h7-11,24H,6,12H2,1-5H3. The first kappa shape index (κ1) is 19.0. The van der Waals surface area contributed by atoms with E-state index in [0.29, 0.717) is 34.9 Å². The van der Waals surface area contributed by atoms with Crippen LogP contribution in [0.5, 0.6) is 17.2 Å². The smallest absolute Gasteiger partial charge is 0.264 e. The van der Waals surface area contributed by atoms with Crippen LogP contribution in [-0.2, 0) is 16.8 Å². The van der Waals surface area contributed by atoms with Gasteiger partial charge in [0.1, 0.15) is 0 Å². The van der Waals surface area contributed by atoms with Crippen molar-refractivity contribution in [2.45, 2.75) is 25.9 Å². The molecule has 1 aliphatic heterocycles. The summed E-state index contributed by atoms with van der Waals surface area (Å²) in [4.78, 5) is 14.7. The van der Waals surface area contributed by atoms with Gasteiger partial charge in [-0.25, -0.2) is 0 Å². The van der Waals surface area contributed by atoms with Gasteiger partial charge in [0.2, 0.25) is 5.75 Å². The lowest BCUT2D eigenvalue weighted by Crippen LogP contribution is -2.41. The molecule has 6 nitrogen and oxygen atoms in total. The van der Waals surface area contributed by atoms with Crippen LogP contribution in [0.4, 0.5) is 5.69 Å². The van der Waals surface area contributed by atoms with Crippen LogP contribution < -0.4 is 19.1 Å². The third-order valence-corrected chi connectivity index (χ3v) is 4.99. The Morgan fingerprint density at radius 3 is 2.19 bits per heavy atom. The number of fused-ring (bicyclic) bond motifs is 1. The molecule has 3 rings (SSSR count). The monoisotopic (exact) mass is 371 g/mol. The fourth-order valence-corrected chi connectivity index (χ4v) is 3.68.